The third-order valence-electron chi connectivity index (χ3n) is 6.45. The third-order valence-corrected chi connectivity index (χ3v) is 6.45. The third kappa shape index (κ3) is 6.67. The number of nitrogens with two attached hydrogens (primary N) is 1. The number of likely N-dealkylation sites (tertiary alicyclic amines) is 1. The van der Waals surface area contributed by atoms with Crippen molar-refractivity contribution in [3.05, 3.63) is 65.2 Å². The van der Waals surface area contributed by atoms with E-state index in [-0.39, 0.29) is 28.6 Å². The summed E-state index contributed by atoms with van der Waals surface area (Å²) in [6.07, 6.45) is -1.93. The fourth-order valence-electron chi connectivity index (χ4n) is 4.60. The Morgan fingerprint density at radius 3 is 2.37 bits per heavy atom. The van der Waals surface area contributed by atoms with Crippen molar-refractivity contribution in [3.8, 4) is 11.3 Å². The monoisotopic (exact) mass is 572 g/mol. The summed E-state index contributed by atoms with van der Waals surface area (Å²) in [4.78, 5) is 48.3. The summed E-state index contributed by atoms with van der Waals surface area (Å²) in [6, 6.07) is 7.05. The number of imidazole rings is 1. The molecule has 3 aromatic rings. The molecule has 0 saturated carbocycles. The Kier molecular flexibility index (Phi) is 8.09. The highest BCUT2D eigenvalue weighted by atomic mass is 19.4. The van der Waals surface area contributed by atoms with E-state index in [2.05, 4.69) is 15.3 Å². The first-order valence-corrected chi connectivity index (χ1v) is 13.0. The van der Waals surface area contributed by atoms with Gasteiger partial charge in [-0.2, -0.15) is 13.2 Å². The lowest BCUT2D eigenvalue weighted by molar-refractivity contribution is -0.137. The van der Waals surface area contributed by atoms with Crippen molar-refractivity contribution in [1.82, 2.24) is 19.5 Å². The van der Waals surface area contributed by atoms with E-state index in [4.69, 9.17) is 10.6 Å². The van der Waals surface area contributed by atoms with Crippen LogP contribution in [-0.2, 0) is 10.9 Å². The molecule has 2 amide bonds. The largest absolute Gasteiger partial charge is 0.444 e. The van der Waals surface area contributed by atoms with E-state index in [9.17, 15) is 27.6 Å². The van der Waals surface area contributed by atoms with E-state index in [0.29, 0.717) is 24.4 Å². The lowest BCUT2D eigenvalue weighted by atomic mass is 10.0. The summed E-state index contributed by atoms with van der Waals surface area (Å²) in [7, 11) is 0. The van der Waals surface area contributed by atoms with Crippen LogP contribution < -0.4 is 11.2 Å². The number of ether oxygens (including phenoxy) is 1. The van der Waals surface area contributed by atoms with E-state index in [1.165, 1.54) is 23.7 Å². The number of nitrogens with zero attached hydrogens (tertiary/aromatic N) is 4. The van der Waals surface area contributed by atoms with Crippen molar-refractivity contribution in [2.75, 3.05) is 17.7 Å². The van der Waals surface area contributed by atoms with Crippen LogP contribution in [0.1, 0.15) is 85.2 Å². The van der Waals surface area contributed by atoms with Gasteiger partial charge in [-0.3, -0.25) is 14.5 Å². The first-order chi connectivity index (χ1) is 19.2. The highest BCUT2D eigenvalue weighted by Gasteiger charge is 2.36. The normalized spacial score (nSPS) is 15.9. The van der Waals surface area contributed by atoms with Gasteiger partial charge in [-0.1, -0.05) is 12.1 Å². The zero-order chi connectivity index (χ0) is 30.1. The number of amides is 2. The fourth-order valence-corrected chi connectivity index (χ4v) is 4.60. The molecule has 0 bridgehead atoms. The van der Waals surface area contributed by atoms with Gasteiger partial charge in [0.15, 0.2) is 11.6 Å². The van der Waals surface area contributed by atoms with E-state index >= 15 is 0 Å². The lowest BCUT2D eigenvalue weighted by Gasteiger charge is -2.36. The maximum Gasteiger partial charge on any atom is 0.416 e. The summed E-state index contributed by atoms with van der Waals surface area (Å²) in [5.74, 6) is 5.43. The molecular formula is C28H31F3N6O4. The number of carbonyl (C=O) groups excluding carboxylic acids is 3. The second kappa shape index (κ2) is 11.2. The average Bonchev–Trinajstić information content (AvgIpc) is 3.24. The fraction of sp³-hybridized carbons (Fsp3) is 0.393. The summed E-state index contributed by atoms with van der Waals surface area (Å²) >= 11 is 0. The highest BCUT2D eigenvalue weighted by Crippen LogP contribution is 2.35. The summed E-state index contributed by atoms with van der Waals surface area (Å²) < 4.78 is 45.8. The Morgan fingerprint density at radius 2 is 1.76 bits per heavy atom. The maximum absolute atomic E-state index is 13.0. The first kappa shape index (κ1) is 29.6. The number of hydrogen-bond donors (Lipinski definition) is 2. The van der Waals surface area contributed by atoms with E-state index in [1.54, 1.807) is 37.8 Å². The number of benzene rings is 1. The molecule has 0 radical (unpaired) electrons. The molecule has 10 nitrogen and oxygen atoms in total. The van der Waals surface area contributed by atoms with Crippen LogP contribution in [0.4, 0.5) is 23.8 Å². The number of Topliss-reactive ketones (excluding diaryl/α,β-unsaturated/α-hetero) is 1. The van der Waals surface area contributed by atoms with E-state index in [1.807, 2.05) is 0 Å². The smallest absolute Gasteiger partial charge is 0.416 e. The van der Waals surface area contributed by atoms with Crippen molar-refractivity contribution >= 4 is 23.6 Å². The molecule has 13 heteroatoms. The van der Waals surface area contributed by atoms with Gasteiger partial charge >= 0.3 is 12.3 Å². The molecule has 41 heavy (non-hydrogen) atoms. The van der Waals surface area contributed by atoms with Gasteiger partial charge < -0.3 is 15.9 Å². The number of hydrogen-bond acceptors (Lipinski definition) is 7. The van der Waals surface area contributed by atoms with Gasteiger partial charge in [-0.05, 0) is 64.3 Å². The minimum absolute atomic E-state index is 0.125. The van der Waals surface area contributed by atoms with Crippen molar-refractivity contribution in [1.29, 1.82) is 0 Å². The van der Waals surface area contributed by atoms with Crippen LogP contribution in [0.2, 0.25) is 0 Å². The minimum Gasteiger partial charge on any atom is -0.444 e. The molecule has 218 valence electrons. The Bertz CT molecular complexity index is 1460. The lowest BCUT2D eigenvalue weighted by Crippen LogP contribution is -2.43. The highest BCUT2D eigenvalue weighted by molar-refractivity contribution is 6.04. The summed E-state index contributed by atoms with van der Waals surface area (Å²) in [5.41, 5.74) is -0.609. The van der Waals surface area contributed by atoms with Gasteiger partial charge in [0.1, 0.15) is 22.8 Å². The average molecular weight is 573 g/mol. The van der Waals surface area contributed by atoms with E-state index < -0.39 is 35.4 Å². The maximum atomic E-state index is 13.0. The molecule has 2 aromatic heterocycles. The van der Waals surface area contributed by atoms with Crippen LogP contribution in [-0.4, -0.2) is 49.5 Å². The Labute approximate surface area is 234 Å². The number of nitrogen functional groups attached to an aromatic ring is 1. The van der Waals surface area contributed by atoms with Crippen LogP contribution in [0.25, 0.3) is 11.3 Å². The summed E-state index contributed by atoms with van der Waals surface area (Å²) in [5, 5.41) is 2.35. The standard InChI is InChI=1S/C28H31F3N6O4/c1-16(38)23-22(35-24(37(23)32)20-7-5-6-14-36(20)26(40)41-27(2,3)4)17-8-10-18(11-9-17)25(39)34-21-15-19(12-13-33-21)28(29,30)31/h8-13,15,20H,5-7,14,32H2,1-4H3,(H,33,34,39)/t20-/m0/s1. The molecule has 4 rings (SSSR count). The van der Waals surface area contributed by atoms with Crippen LogP contribution in [0.15, 0.2) is 42.6 Å². The number of pyridine rings is 1. The SMILES string of the molecule is CC(=O)c1c(-c2ccc(C(=O)Nc3cc(C(F)(F)F)ccn3)cc2)nc([C@@H]2CCCCN2C(=O)OC(C)(C)C)n1N. The Morgan fingerprint density at radius 1 is 1.07 bits per heavy atom. The van der Waals surface area contributed by atoms with Gasteiger partial charge in [0.05, 0.1) is 11.6 Å². The molecule has 1 saturated heterocycles. The van der Waals surface area contributed by atoms with E-state index in [0.717, 1.165) is 31.2 Å². The molecule has 0 spiro atoms. The van der Waals surface area contributed by atoms with Gasteiger partial charge in [0.25, 0.3) is 5.91 Å². The van der Waals surface area contributed by atoms with Crippen molar-refractivity contribution < 1.29 is 32.3 Å². The molecule has 0 unspecified atom stereocenters. The molecule has 0 aliphatic carbocycles. The van der Waals surface area contributed by atoms with Gasteiger partial charge in [-0.25, -0.2) is 19.4 Å². The molecule has 1 fully saturated rings. The van der Waals surface area contributed by atoms with Crippen LogP contribution in [0.3, 0.4) is 0 Å². The number of halogens is 3. The molecule has 1 aromatic carbocycles. The van der Waals surface area contributed by atoms with Crippen LogP contribution >= 0.6 is 0 Å². The number of piperidine rings is 1. The van der Waals surface area contributed by atoms with Crippen LogP contribution in [0, 0.1) is 0 Å². The molecule has 1 aliphatic heterocycles. The van der Waals surface area contributed by atoms with Crippen molar-refractivity contribution in [2.24, 2.45) is 0 Å². The van der Waals surface area contributed by atoms with Gasteiger partial charge in [-0.15, -0.1) is 0 Å². The predicted molar refractivity (Wildman–Crippen MR) is 145 cm³/mol. The van der Waals surface area contributed by atoms with Crippen LogP contribution in [0.5, 0.6) is 0 Å². The minimum atomic E-state index is -4.58. The Balaban J connectivity index is 1.61. The molecule has 1 atom stereocenters. The number of nitrogens with one attached hydrogen (secondary N) is 1. The number of rotatable bonds is 5. The second-order valence-corrected chi connectivity index (χ2v) is 10.7. The molecular weight excluding hydrogens is 541 g/mol. The van der Waals surface area contributed by atoms with Gasteiger partial charge in [0.2, 0.25) is 0 Å². The zero-order valence-corrected chi connectivity index (χ0v) is 23.1. The Hall–Kier alpha value is -4.42. The number of anilines is 1. The van der Waals surface area contributed by atoms with Crippen molar-refractivity contribution in [2.45, 2.75) is 64.8 Å². The number of carbonyl (C=O) groups is 3. The van der Waals surface area contributed by atoms with Crippen molar-refractivity contribution in [3.63, 3.8) is 0 Å². The van der Waals surface area contributed by atoms with Gasteiger partial charge in [0, 0.05) is 30.8 Å². The number of alkyl halides is 3. The number of aromatic nitrogens is 3. The summed E-state index contributed by atoms with van der Waals surface area (Å²) in [6.45, 7) is 7.13. The zero-order valence-electron chi connectivity index (χ0n) is 23.1. The first-order valence-electron chi connectivity index (χ1n) is 13.0. The topological polar surface area (TPSA) is 132 Å². The quantitative estimate of drug-likeness (QED) is 0.301. The molecule has 3 N–H and O–H groups in total. The number of ketones is 1. The molecule has 1 aliphatic rings. The predicted octanol–water partition coefficient (Wildman–Crippen LogP) is 5.59. The second-order valence-electron chi connectivity index (χ2n) is 10.7. The molecule has 3 heterocycles.